The summed E-state index contributed by atoms with van der Waals surface area (Å²) in [7, 11) is -4.11. The highest BCUT2D eigenvalue weighted by molar-refractivity contribution is 7.91. The molecular formula is C21H15ClFN3O3S. The van der Waals surface area contributed by atoms with Crippen molar-refractivity contribution >= 4 is 33.0 Å². The maximum absolute atomic E-state index is 14.0. The summed E-state index contributed by atoms with van der Waals surface area (Å²) < 4.78 is 41.2. The van der Waals surface area contributed by atoms with Crippen molar-refractivity contribution in [2.75, 3.05) is 0 Å². The van der Waals surface area contributed by atoms with Gasteiger partial charge in [0.05, 0.1) is 15.5 Å². The van der Waals surface area contributed by atoms with Crippen molar-refractivity contribution in [2.24, 2.45) is 0 Å². The van der Waals surface area contributed by atoms with Crippen LogP contribution in [-0.4, -0.2) is 23.7 Å². The quantitative estimate of drug-likeness (QED) is 0.507. The molecule has 2 heterocycles. The lowest BCUT2D eigenvalue weighted by molar-refractivity contribution is 0.0950. The Labute approximate surface area is 176 Å². The van der Waals surface area contributed by atoms with Gasteiger partial charge in [0, 0.05) is 25.1 Å². The molecule has 2 aromatic carbocycles. The van der Waals surface area contributed by atoms with Crippen LogP contribution in [0.4, 0.5) is 4.39 Å². The van der Waals surface area contributed by atoms with Crippen LogP contribution in [0.1, 0.15) is 15.9 Å². The van der Waals surface area contributed by atoms with Gasteiger partial charge in [-0.25, -0.2) is 17.8 Å². The third kappa shape index (κ3) is 3.79. The van der Waals surface area contributed by atoms with E-state index in [2.05, 4.69) is 10.3 Å². The Morgan fingerprint density at radius 3 is 2.60 bits per heavy atom. The van der Waals surface area contributed by atoms with Gasteiger partial charge in [0.2, 0.25) is 9.84 Å². The van der Waals surface area contributed by atoms with Crippen LogP contribution in [0.2, 0.25) is 5.02 Å². The van der Waals surface area contributed by atoms with Gasteiger partial charge in [-0.1, -0.05) is 29.8 Å². The fraction of sp³-hybridized carbons (Fsp3) is 0.0476. The molecule has 152 valence electrons. The summed E-state index contributed by atoms with van der Waals surface area (Å²) in [5.41, 5.74) is 1.89. The van der Waals surface area contributed by atoms with Crippen LogP contribution < -0.4 is 5.32 Å². The lowest BCUT2D eigenvalue weighted by atomic mass is 10.2. The second kappa shape index (κ2) is 7.89. The first kappa shape index (κ1) is 20.1. The Bertz CT molecular complexity index is 1330. The van der Waals surface area contributed by atoms with Gasteiger partial charge in [-0.3, -0.25) is 4.79 Å². The van der Waals surface area contributed by atoms with Crippen LogP contribution in [0.3, 0.4) is 0 Å². The molecule has 0 atom stereocenters. The topological polar surface area (TPSA) is 80.5 Å². The summed E-state index contributed by atoms with van der Waals surface area (Å²) in [4.78, 5) is 15.9. The van der Waals surface area contributed by atoms with Crippen molar-refractivity contribution in [3.8, 4) is 0 Å². The Hall–Kier alpha value is -3.23. The summed E-state index contributed by atoms with van der Waals surface area (Å²) in [6.07, 6.45) is 5.06. The number of hydrogen-bond acceptors (Lipinski definition) is 4. The highest BCUT2D eigenvalue weighted by Gasteiger charge is 2.24. The van der Waals surface area contributed by atoms with E-state index in [0.29, 0.717) is 11.1 Å². The van der Waals surface area contributed by atoms with Crippen LogP contribution in [-0.2, 0) is 16.4 Å². The van der Waals surface area contributed by atoms with Gasteiger partial charge in [-0.05, 0) is 42.0 Å². The largest absolute Gasteiger partial charge is 0.348 e. The number of halogens is 2. The molecule has 4 rings (SSSR count). The number of fused-ring (bicyclic) bond motifs is 1. The molecule has 1 N–H and O–H groups in total. The minimum absolute atomic E-state index is 0.0878. The molecule has 6 nitrogen and oxygen atoms in total. The SMILES string of the molecule is O=C(NCc1ccc(S(=O)(=O)c2c(F)cccc2Cl)cc1)c1ccc2nccn2c1. The van der Waals surface area contributed by atoms with Crippen LogP contribution in [0, 0.1) is 5.82 Å². The van der Waals surface area contributed by atoms with Gasteiger partial charge >= 0.3 is 0 Å². The van der Waals surface area contributed by atoms with E-state index in [0.717, 1.165) is 11.7 Å². The molecule has 0 spiro atoms. The zero-order valence-corrected chi connectivity index (χ0v) is 17.0. The summed E-state index contributed by atoms with van der Waals surface area (Å²) in [5.74, 6) is -1.19. The van der Waals surface area contributed by atoms with Crippen molar-refractivity contribution < 1.29 is 17.6 Å². The Kier molecular flexibility index (Phi) is 5.27. The van der Waals surface area contributed by atoms with E-state index in [1.165, 1.54) is 24.3 Å². The fourth-order valence-electron chi connectivity index (χ4n) is 2.98. The molecular weight excluding hydrogens is 429 g/mol. The number of sulfone groups is 1. The van der Waals surface area contributed by atoms with Gasteiger partial charge < -0.3 is 9.72 Å². The molecule has 4 aromatic rings. The fourth-order valence-corrected chi connectivity index (χ4v) is 4.83. The first-order chi connectivity index (χ1) is 14.4. The lowest BCUT2D eigenvalue weighted by Gasteiger charge is -2.09. The number of pyridine rings is 1. The third-order valence-corrected chi connectivity index (χ3v) is 6.80. The minimum atomic E-state index is -4.11. The van der Waals surface area contributed by atoms with Crippen molar-refractivity contribution in [3.05, 3.63) is 95.2 Å². The van der Waals surface area contributed by atoms with E-state index in [1.807, 2.05) is 0 Å². The second-order valence-corrected chi connectivity index (χ2v) is 8.79. The first-order valence-electron chi connectivity index (χ1n) is 8.85. The molecule has 0 saturated heterocycles. The Balaban J connectivity index is 1.49. The molecule has 0 unspecified atom stereocenters. The van der Waals surface area contributed by atoms with Crippen molar-refractivity contribution in [3.63, 3.8) is 0 Å². The number of carbonyl (C=O) groups excluding carboxylic acids is 1. The zero-order valence-electron chi connectivity index (χ0n) is 15.4. The van der Waals surface area contributed by atoms with E-state index >= 15 is 0 Å². The van der Waals surface area contributed by atoms with Gasteiger partial charge in [0.1, 0.15) is 16.4 Å². The Morgan fingerprint density at radius 2 is 1.87 bits per heavy atom. The van der Waals surface area contributed by atoms with Crippen LogP contribution >= 0.6 is 11.6 Å². The standard InChI is InChI=1S/C21H15ClFN3O3S/c22-17-2-1-3-18(23)20(17)30(28,29)16-7-4-14(5-8-16)12-25-21(27)15-6-9-19-24-10-11-26(19)13-15/h1-11,13H,12H2,(H,25,27). The van der Waals surface area contributed by atoms with E-state index in [-0.39, 0.29) is 22.4 Å². The summed E-state index contributed by atoms with van der Waals surface area (Å²) in [6.45, 7) is 0.196. The van der Waals surface area contributed by atoms with Gasteiger partial charge in [-0.15, -0.1) is 0 Å². The van der Waals surface area contributed by atoms with Crippen molar-refractivity contribution in [1.29, 1.82) is 0 Å². The molecule has 0 aliphatic heterocycles. The van der Waals surface area contributed by atoms with E-state index < -0.39 is 20.5 Å². The van der Waals surface area contributed by atoms with Crippen molar-refractivity contribution in [1.82, 2.24) is 14.7 Å². The average Bonchev–Trinajstić information content (AvgIpc) is 3.20. The number of carbonyl (C=O) groups is 1. The highest BCUT2D eigenvalue weighted by atomic mass is 35.5. The van der Waals surface area contributed by atoms with E-state index in [4.69, 9.17) is 11.6 Å². The molecule has 0 saturated carbocycles. The molecule has 30 heavy (non-hydrogen) atoms. The van der Waals surface area contributed by atoms with E-state index in [1.54, 1.807) is 47.3 Å². The molecule has 0 fully saturated rings. The predicted molar refractivity (Wildman–Crippen MR) is 110 cm³/mol. The molecule has 9 heteroatoms. The average molecular weight is 444 g/mol. The molecule has 2 aromatic heterocycles. The molecule has 0 bridgehead atoms. The van der Waals surface area contributed by atoms with Gasteiger partial charge in [0.15, 0.2) is 0 Å². The Morgan fingerprint density at radius 1 is 1.10 bits per heavy atom. The molecule has 0 aliphatic carbocycles. The van der Waals surface area contributed by atoms with Crippen molar-refractivity contribution in [2.45, 2.75) is 16.3 Å². The molecule has 1 amide bonds. The number of rotatable bonds is 5. The molecule has 0 radical (unpaired) electrons. The lowest BCUT2D eigenvalue weighted by Crippen LogP contribution is -2.23. The number of amides is 1. The van der Waals surface area contributed by atoms with Gasteiger partial charge in [-0.2, -0.15) is 0 Å². The summed E-state index contributed by atoms with van der Waals surface area (Å²) >= 11 is 5.89. The number of benzene rings is 2. The molecule has 0 aliphatic rings. The number of nitrogens with one attached hydrogen (secondary N) is 1. The number of imidazole rings is 1. The number of hydrogen-bond donors (Lipinski definition) is 1. The maximum Gasteiger partial charge on any atom is 0.253 e. The number of nitrogens with zero attached hydrogens (tertiary/aromatic N) is 2. The minimum Gasteiger partial charge on any atom is -0.348 e. The van der Waals surface area contributed by atoms with Crippen LogP contribution in [0.15, 0.2) is 83.0 Å². The highest BCUT2D eigenvalue weighted by Crippen LogP contribution is 2.30. The second-order valence-electron chi connectivity index (χ2n) is 6.49. The first-order valence-corrected chi connectivity index (χ1v) is 10.7. The smallest absolute Gasteiger partial charge is 0.253 e. The van der Waals surface area contributed by atoms with Gasteiger partial charge in [0.25, 0.3) is 5.91 Å². The van der Waals surface area contributed by atoms with Crippen LogP contribution in [0.5, 0.6) is 0 Å². The predicted octanol–water partition coefficient (Wildman–Crippen LogP) is 3.89. The van der Waals surface area contributed by atoms with E-state index in [9.17, 15) is 17.6 Å². The monoisotopic (exact) mass is 443 g/mol. The summed E-state index contributed by atoms with van der Waals surface area (Å²) in [5, 5.41) is 2.60. The number of aromatic nitrogens is 2. The third-order valence-electron chi connectivity index (χ3n) is 4.53. The van der Waals surface area contributed by atoms with Crippen LogP contribution in [0.25, 0.3) is 5.65 Å². The summed E-state index contributed by atoms with van der Waals surface area (Å²) in [6, 6.07) is 12.9. The normalized spacial score (nSPS) is 11.5. The zero-order chi connectivity index (χ0) is 21.3. The maximum atomic E-state index is 14.0.